The van der Waals surface area contributed by atoms with E-state index in [4.69, 9.17) is 5.11 Å². The summed E-state index contributed by atoms with van der Waals surface area (Å²) in [6, 6.07) is 3.72. The molecule has 2 rings (SSSR count). The molecule has 0 bridgehead atoms. The van der Waals surface area contributed by atoms with Crippen LogP contribution < -0.4 is 4.57 Å². The molecule has 0 aliphatic carbocycles. The molecule has 0 amide bonds. The van der Waals surface area contributed by atoms with E-state index in [1.807, 2.05) is 16.7 Å². The van der Waals surface area contributed by atoms with Gasteiger partial charge in [0.15, 0.2) is 0 Å². The number of pyridine rings is 1. The van der Waals surface area contributed by atoms with Crippen molar-refractivity contribution in [2.75, 3.05) is 5.75 Å². The van der Waals surface area contributed by atoms with Crippen molar-refractivity contribution in [3.63, 3.8) is 0 Å². The van der Waals surface area contributed by atoms with Crippen molar-refractivity contribution in [3.8, 4) is 11.4 Å². The Kier molecular flexibility index (Phi) is 4.30. The summed E-state index contributed by atoms with van der Waals surface area (Å²) in [5.74, 6) is -0.101. The van der Waals surface area contributed by atoms with Crippen molar-refractivity contribution in [2.24, 2.45) is 0 Å². The Morgan fingerprint density at radius 1 is 1.53 bits per heavy atom. The van der Waals surface area contributed by atoms with Crippen LogP contribution in [-0.2, 0) is 11.3 Å². The summed E-state index contributed by atoms with van der Waals surface area (Å²) in [7, 11) is 0. The molecule has 0 spiro atoms. The number of H-pyrrole nitrogens is 1. The Balaban J connectivity index is 2.34. The Hall–Kier alpha value is -2.15. The third-order valence-corrected chi connectivity index (χ3v) is 3.31. The minimum absolute atomic E-state index is 0.0300. The monoisotopic (exact) mass is 277 g/mol. The topological polar surface area (TPSA) is 82.8 Å². The molecule has 0 saturated heterocycles. The van der Waals surface area contributed by atoms with Gasteiger partial charge < -0.3 is 5.11 Å². The molecule has 7 heteroatoms. The van der Waals surface area contributed by atoms with Crippen molar-refractivity contribution in [1.29, 1.82) is 0 Å². The van der Waals surface area contributed by atoms with E-state index < -0.39 is 5.97 Å². The fourth-order valence-corrected chi connectivity index (χ4v) is 2.27. The maximum atomic E-state index is 10.6. The molecule has 2 heterocycles. The van der Waals surface area contributed by atoms with Gasteiger partial charge in [0.2, 0.25) is 0 Å². The molecular formula is C12H13N4O2S+. The Bertz CT molecular complexity index is 583. The first-order valence-electron chi connectivity index (χ1n) is 5.56. The molecule has 6 nitrogen and oxygen atoms in total. The number of nitrogens with zero attached hydrogens (tertiary/aromatic N) is 3. The second-order valence-electron chi connectivity index (χ2n) is 3.67. The summed E-state index contributed by atoms with van der Waals surface area (Å²) >= 11 is 1.17. The average Bonchev–Trinajstić information content (AvgIpc) is 2.81. The maximum Gasteiger partial charge on any atom is 0.337 e. The number of hydrogen-bond donors (Lipinski definition) is 2. The van der Waals surface area contributed by atoms with Crippen molar-refractivity contribution >= 4 is 17.7 Å². The normalized spacial score (nSPS) is 10.3. The third kappa shape index (κ3) is 3.19. The Morgan fingerprint density at radius 2 is 2.26 bits per heavy atom. The summed E-state index contributed by atoms with van der Waals surface area (Å²) in [4.78, 5) is 14.6. The zero-order valence-corrected chi connectivity index (χ0v) is 10.9. The van der Waals surface area contributed by atoms with Crippen molar-refractivity contribution in [3.05, 3.63) is 37.2 Å². The van der Waals surface area contributed by atoms with E-state index in [-0.39, 0.29) is 5.75 Å². The molecule has 2 aromatic rings. The molecule has 2 aromatic heterocycles. The summed E-state index contributed by atoms with van der Waals surface area (Å²) < 4.78 is 1.88. The van der Waals surface area contributed by atoms with Crippen molar-refractivity contribution in [1.82, 2.24) is 15.2 Å². The van der Waals surface area contributed by atoms with Crippen LogP contribution in [-0.4, -0.2) is 32.0 Å². The largest absolute Gasteiger partial charge is 0.481 e. The SMILES string of the molecule is C=CC[n+]1c(SCC(=O)O)n[nH]c1-c1ccncc1. The number of carboxylic acids is 1. The van der Waals surface area contributed by atoms with Gasteiger partial charge in [-0.1, -0.05) is 12.7 Å². The van der Waals surface area contributed by atoms with Crippen LogP contribution in [0.5, 0.6) is 0 Å². The Labute approximate surface area is 114 Å². The van der Waals surface area contributed by atoms with Gasteiger partial charge in [-0.05, 0) is 23.9 Å². The molecule has 0 aliphatic rings. The van der Waals surface area contributed by atoms with Crippen LogP contribution in [0, 0.1) is 0 Å². The van der Waals surface area contributed by atoms with Crippen LogP contribution in [0.1, 0.15) is 0 Å². The molecule has 0 atom stereocenters. The first-order valence-corrected chi connectivity index (χ1v) is 6.55. The fraction of sp³-hybridized carbons (Fsp3) is 0.167. The second kappa shape index (κ2) is 6.14. The van der Waals surface area contributed by atoms with Gasteiger partial charge in [-0.3, -0.25) is 9.78 Å². The number of hydrogen-bond acceptors (Lipinski definition) is 4. The average molecular weight is 277 g/mol. The predicted molar refractivity (Wildman–Crippen MR) is 70.6 cm³/mol. The molecule has 0 fully saturated rings. The van der Waals surface area contributed by atoms with Crippen LogP contribution >= 0.6 is 11.8 Å². The van der Waals surface area contributed by atoms with E-state index in [1.165, 1.54) is 11.8 Å². The van der Waals surface area contributed by atoms with Gasteiger partial charge in [-0.15, -0.1) is 5.10 Å². The molecule has 0 aliphatic heterocycles. The number of carboxylic acid groups (broad SMARTS) is 1. The van der Waals surface area contributed by atoms with Gasteiger partial charge in [0.25, 0.3) is 5.82 Å². The first-order chi connectivity index (χ1) is 9.22. The van der Waals surface area contributed by atoms with E-state index in [9.17, 15) is 4.79 Å². The van der Waals surface area contributed by atoms with Crippen LogP contribution in [0.15, 0.2) is 42.3 Å². The van der Waals surface area contributed by atoms with Gasteiger partial charge in [-0.2, -0.15) is 0 Å². The third-order valence-electron chi connectivity index (χ3n) is 2.35. The first kappa shape index (κ1) is 13.3. The lowest BCUT2D eigenvalue weighted by Gasteiger charge is -2.00. The smallest absolute Gasteiger partial charge is 0.337 e. The van der Waals surface area contributed by atoms with E-state index in [0.717, 1.165) is 11.4 Å². The molecule has 0 aromatic carbocycles. The van der Waals surface area contributed by atoms with E-state index in [1.54, 1.807) is 18.5 Å². The zero-order chi connectivity index (χ0) is 13.7. The highest BCUT2D eigenvalue weighted by Crippen LogP contribution is 2.16. The summed E-state index contributed by atoms with van der Waals surface area (Å²) in [5.41, 5.74) is 0.937. The summed E-state index contributed by atoms with van der Waals surface area (Å²) in [6.07, 6.45) is 5.13. The lowest BCUT2D eigenvalue weighted by atomic mass is 10.2. The number of thioether (sulfide) groups is 1. The molecular weight excluding hydrogens is 264 g/mol. The van der Waals surface area contributed by atoms with E-state index >= 15 is 0 Å². The minimum Gasteiger partial charge on any atom is -0.481 e. The summed E-state index contributed by atoms with van der Waals surface area (Å²) in [6.45, 7) is 4.26. The minimum atomic E-state index is -0.872. The van der Waals surface area contributed by atoms with Gasteiger partial charge in [-0.25, -0.2) is 4.57 Å². The maximum absolute atomic E-state index is 10.6. The predicted octanol–water partition coefficient (Wildman–Crippen LogP) is 1.12. The van der Waals surface area contributed by atoms with Gasteiger partial charge in [0.1, 0.15) is 5.75 Å². The Morgan fingerprint density at radius 3 is 2.89 bits per heavy atom. The molecule has 19 heavy (non-hydrogen) atoms. The highest BCUT2D eigenvalue weighted by atomic mass is 32.2. The second-order valence-corrected chi connectivity index (χ2v) is 4.61. The van der Waals surface area contributed by atoms with Gasteiger partial charge in [0, 0.05) is 12.4 Å². The highest BCUT2D eigenvalue weighted by Gasteiger charge is 2.21. The highest BCUT2D eigenvalue weighted by molar-refractivity contribution is 7.99. The quantitative estimate of drug-likeness (QED) is 0.470. The van der Waals surface area contributed by atoms with Crippen LogP contribution in [0.3, 0.4) is 0 Å². The number of nitrogens with one attached hydrogen (secondary N) is 1. The van der Waals surface area contributed by atoms with Crippen LogP contribution in [0.25, 0.3) is 11.4 Å². The van der Waals surface area contributed by atoms with Crippen LogP contribution in [0.4, 0.5) is 0 Å². The number of rotatable bonds is 6. The fourth-order valence-electron chi connectivity index (χ4n) is 1.58. The molecule has 0 unspecified atom stereocenters. The van der Waals surface area contributed by atoms with E-state index in [0.29, 0.717) is 11.7 Å². The molecule has 98 valence electrons. The number of aliphatic carboxylic acids is 1. The zero-order valence-electron chi connectivity index (χ0n) is 10.1. The van der Waals surface area contributed by atoms with Gasteiger partial charge in [0.05, 0.1) is 17.2 Å². The lowest BCUT2D eigenvalue weighted by molar-refractivity contribution is -0.713. The lowest BCUT2D eigenvalue weighted by Crippen LogP contribution is -2.36. The number of carbonyl (C=O) groups is 1. The standard InChI is InChI=1S/C12H12N4O2S/c1-2-7-16-11(9-3-5-13-6-4-9)14-15-12(16)19-8-10(17)18/h2-6H,1,7-8H2,(H,17,18)/p+1. The van der Waals surface area contributed by atoms with E-state index in [2.05, 4.69) is 21.8 Å². The number of aromatic amines is 1. The number of aromatic nitrogens is 4. The molecule has 0 radical (unpaired) electrons. The van der Waals surface area contributed by atoms with Crippen LogP contribution in [0.2, 0.25) is 0 Å². The molecule has 2 N–H and O–H groups in total. The van der Waals surface area contributed by atoms with Crippen molar-refractivity contribution in [2.45, 2.75) is 11.7 Å². The summed E-state index contributed by atoms with van der Waals surface area (Å²) in [5, 5.41) is 16.4. The van der Waals surface area contributed by atoms with Gasteiger partial charge >= 0.3 is 11.1 Å². The molecule has 0 saturated carbocycles. The number of allylic oxidation sites excluding steroid dienone is 1. The van der Waals surface area contributed by atoms with Crippen molar-refractivity contribution < 1.29 is 14.5 Å².